The van der Waals surface area contributed by atoms with E-state index in [1.807, 2.05) is 0 Å². The summed E-state index contributed by atoms with van der Waals surface area (Å²) in [6, 6.07) is 4.32. The summed E-state index contributed by atoms with van der Waals surface area (Å²) >= 11 is 0.474. The minimum atomic E-state index is -5.07. The average Bonchev–Trinajstić information content (AvgIpc) is 2.83. The van der Waals surface area contributed by atoms with Crippen LogP contribution in [0.15, 0.2) is 29.3 Å². The van der Waals surface area contributed by atoms with Crippen LogP contribution in [0.3, 0.4) is 0 Å². The molecule has 0 spiro atoms. The molecule has 2 aromatic rings. The zero-order valence-electron chi connectivity index (χ0n) is 14.0. The molecule has 1 N–H and O–H groups in total. The Bertz CT molecular complexity index is 887. The molecule has 28 heavy (non-hydrogen) atoms. The number of thiazole rings is 1. The van der Waals surface area contributed by atoms with Crippen LogP contribution in [0.25, 0.3) is 0 Å². The highest BCUT2D eigenvalue weighted by Crippen LogP contribution is 2.27. The van der Waals surface area contributed by atoms with Crippen molar-refractivity contribution in [3.8, 4) is 5.75 Å². The second kappa shape index (κ2) is 8.97. The van der Waals surface area contributed by atoms with Gasteiger partial charge < -0.3 is 14.4 Å². The van der Waals surface area contributed by atoms with Crippen molar-refractivity contribution in [2.24, 2.45) is 4.99 Å². The Hall–Kier alpha value is -2.05. The monoisotopic (exact) mass is 450 g/mol. The van der Waals surface area contributed by atoms with E-state index in [4.69, 9.17) is 5.11 Å². The lowest BCUT2D eigenvalue weighted by Gasteiger charge is -2.08. The van der Waals surface area contributed by atoms with Crippen molar-refractivity contribution in [1.29, 1.82) is 0 Å². The van der Waals surface area contributed by atoms with Crippen molar-refractivity contribution in [3.05, 3.63) is 39.6 Å². The Morgan fingerprint density at radius 2 is 1.75 bits per heavy atom. The number of aliphatic hydroxyl groups excluding tert-OH is 1. The first-order valence-electron chi connectivity index (χ1n) is 7.25. The number of aromatic nitrogens is 1. The molecule has 0 unspecified atom stereocenters. The minimum Gasteiger partial charge on any atom is -0.406 e. The number of Topliss-reactive ketones (excluding diaryl/α,β-unsaturated/α-hetero) is 1. The number of ketones is 1. The number of halogens is 7. The molecule has 156 valence electrons. The molecule has 13 heteroatoms. The van der Waals surface area contributed by atoms with E-state index in [1.54, 1.807) is 0 Å². The van der Waals surface area contributed by atoms with Gasteiger partial charge in [-0.2, -0.15) is 13.2 Å². The summed E-state index contributed by atoms with van der Waals surface area (Å²) in [6.07, 6.45) is -9.93. The largest absolute Gasteiger partial charge is 0.573 e. The molecule has 1 heterocycles. The van der Waals surface area contributed by atoms with Gasteiger partial charge >= 0.3 is 12.5 Å². The van der Waals surface area contributed by atoms with Crippen LogP contribution in [-0.2, 0) is 6.54 Å². The SMILES string of the molecule is Cc1c(C(=O)C(F)(F)F)s/c(=N/c2ccc(OC(F)(F)F)cc2)n1CCO.Cl. The van der Waals surface area contributed by atoms with E-state index in [1.165, 1.54) is 23.6 Å². The number of rotatable bonds is 5. The third-order valence-electron chi connectivity index (χ3n) is 3.24. The summed E-state index contributed by atoms with van der Waals surface area (Å²) in [6.45, 7) is 0.759. The lowest BCUT2D eigenvalue weighted by atomic mass is 10.2. The smallest absolute Gasteiger partial charge is 0.406 e. The molecule has 0 aliphatic carbocycles. The van der Waals surface area contributed by atoms with Gasteiger partial charge in [0.1, 0.15) is 10.6 Å². The molecule has 2 rings (SSSR count). The fourth-order valence-corrected chi connectivity index (χ4v) is 3.24. The van der Waals surface area contributed by atoms with Gasteiger partial charge in [-0.3, -0.25) is 4.79 Å². The van der Waals surface area contributed by atoms with Gasteiger partial charge in [-0.15, -0.1) is 25.6 Å². The Morgan fingerprint density at radius 1 is 1.18 bits per heavy atom. The van der Waals surface area contributed by atoms with E-state index in [9.17, 15) is 31.1 Å². The average molecular weight is 451 g/mol. The number of carbonyl (C=O) groups is 1. The van der Waals surface area contributed by atoms with Crippen molar-refractivity contribution in [2.45, 2.75) is 26.0 Å². The number of hydrogen-bond donors (Lipinski definition) is 1. The summed E-state index contributed by atoms with van der Waals surface area (Å²) in [5.74, 6) is -2.52. The third-order valence-corrected chi connectivity index (χ3v) is 4.42. The van der Waals surface area contributed by atoms with Gasteiger partial charge in [0.05, 0.1) is 12.3 Å². The van der Waals surface area contributed by atoms with Crippen molar-refractivity contribution >= 4 is 35.2 Å². The van der Waals surface area contributed by atoms with E-state index in [2.05, 4.69) is 9.73 Å². The Kier molecular flexibility index (Phi) is 7.68. The van der Waals surface area contributed by atoms with Crippen LogP contribution in [0.4, 0.5) is 32.0 Å². The number of benzene rings is 1. The lowest BCUT2D eigenvalue weighted by molar-refractivity contribution is -0.274. The Balaban J connectivity index is 0.00000392. The van der Waals surface area contributed by atoms with E-state index in [0.717, 1.165) is 12.1 Å². The Morgan fingerprint density at radius 3 is 2.21 bits per heavy atom. The van der Waals surface area contributed by atoms with E-state index in [-0.39, 0.29) is 35.1 Å². The summed E-state index contributed by atoms with van der Waals surface area (Å²) in [5, 5.41) is 9.10. The quantitative estimate of drug-likeness (QED) is 0.550. The molecule has 1 aromatic heterocycles. The highest BCUT2D eigenvalue weighted by molar-refractivity contribution is 7.11. The molecule has 0 saturated carbocycles. The molecule has 0 amide bonds. The number of hydrogen-bond acceptors (Lipinski definition) is 5. The van der Waals surface area contributed by atoms with E-state index < -0.39 is 35.6 Å². The molecule has 0 fully saturated rings. The topological polar surface area (TPSA) is 63.8 Å². The molecule has 5 nitrogen and oxygen atoms in total. The van der Waals surface area contributed by atoms with Crippen LogP contribution in [0.1, 0.15) is 15.4 Å². The van der Waals surface area contributed by atoms with Crippen LogP contribution < -0.4 is 9.54 Å². The van der Waals surface area contributed by atoms with Crippen LogP contribution in [0, 0.1) is 6.92 Å². The number of ether oxygens (including phenoxy) is 1. The molecule has 0 saturated heterocycles. The van der Waals surface area contributed by atoms with Gasteiger partial charge in [0.25, 0.3) is 5.78 Å². The van der Waals surface area contributed by atoms with Crippen LogP contribution >= 0.6 is 23.7 Å². The second-order valence-corrected chi connectivity index (χ2v) is 6.13. The first-order chi connectivity index (χ1) is 12.4. The van der Waals surface area contributed by atoms with Crippen molar-refractivity contribution in [2.75, 3.05) is 6.61 Å². The predicted octanol–water partition coefficient (Wildman–Crippen LogP) is 4.15. The predicted molar refractivity (Wildman–Crippen MR) is 90.1 cm³/mol. The fraction of sp³-hybridized carbons (Fsp3) is 0.333. The molecule has 0 atom stereocenters. The second-order valence-electron chi connectivity index (χ2n) is 5.15. The molecule has 1 aromatic carbocycles. The van der Waals surface area contributed by atoms with E-state index in [0.29, 0.717) is 11.3 Å². The van der Waals surface area contributed by atoms with E-state index >= 15 is 0 Å². The first kappa shape index (κ1) is 24.0. The minimum absolute atomic E-state index is 0. The summed E-state index contributed by atoms with van der Waals surface area (Å²) in [4.78, 5) is 15.0. The van der Waals surface area contributed by atoms with Gasteiger partial charge in [-0.1, -0.05) is 11.3 Å². The highest BCUT2D eigenvalue weighted by Gasteiger charge is 2.41. The standard InChI is InChI=1S/C15H12F6N2O3S.ClH/c1-8-11(12(25)14(16,17)18)27-13(23(8)6-7-24)22-9-2-4-10(5-3-9)26-15(19,20)21;/h2-5,24H,6-7H2,1H3;1H/b22-13+;. The molecular formula is C15H13ClF6N2O3S. The van der Waals surface area contributed by atoms with Crippen LogP contribution in [0.2, 0.25) is 0 Å². The van der Waals surface area contributed by atoms with Gasteiger partial charge in [-0.05, 0) is 31.2 Å². The van der Waals surface area contributed by atoms with Crippen molar-refractivity contribution < 1.29 is 41.0 Å². The maximum Gasteiger partial charge on any atom is 0.573 e. The third kappa shape index (κ3) is 5.97. The number of carbonyl (C=O) groups excluding carboxylic acids is 1. The zero-order valence-corrected chi connectivity index (χ0v) is 15.6. The molecule has 0 aliphatic heterocycles. The number of alkyl halides is 6. The van der Waals surface area contributed by atoms with Gasteiger partial charge in [0.2, 0.25) is 0 Å². The van der Waals surface area contributed by atoms with Gasteiger partial charge in [0.15, 0.2) is 4.80 Å². The van der Waals surface area contributed by atoms with Crippen molar-refractivity contribution in [3.63, 3.8) is 0 Å². The number of nitrogens with zero attached hydrogens (tertiary/aromatic N) is 2. The summed E-state index contributed by atoms with van der Waals surface area (Å²) < 4.78 is 79.5. The molecule has 0 radical (unpaired) electrons. The molecule has 0 bridgehead atoms. The van der Waals surface area contributed by atoms with Crippen LogP contribution in [-0.4, -0.2) is 34.6 Å². The highest BCUT2D eigenvalue weighted by atomic mass is 35.5. The molecule has 0 aliphatic rings. The van der Waals surface area contributed by atoms with Gasteiger partial charge in [0, 0.05) is 12.2 Å². The maximum absolute atomic E-state index is 12.7. The number of aliphatic hydroxyl groups is 1. The normalized spacial score (nSPS) is 12.6. The maximum atomic E-state index is 12.7. The van der Waals surface area contributed by atoms with Crippen molar-refractivity contribution in [1.82, 2.24) is 4.57 Å². The Labute approximate surface area is 164 Å². The molecular weight excluding hydrogens is 438 g/mol. The van der Waals surface area contributed by atoms with Crippen LogP contribution in [0.5, 0.6) is 5.75 Å². The summed E-state index contributed by atoms with van der Waals surface area (Å²) in [5.41, 5.74) is 0.107. The summed E-state index contributed by atoms with van der Waals surface area (Å²) in [7, 11) is 0. The first-order valence-corrected chi connectivity index (χ1v) is 8.07. The fourth-order valence-electron chi connectivity index (χ4n) is 2.10. The zero-order chi connectivity index (χ0) is 20.4. The lowest BCUT2D eigenvalue weighted by Crippen LogP contribution is -2.23. The van der Waals surface area contributed by atoms with Gasteiger partial charge in [-0.25, -0.2) is 4.99 Å².